The number of hydrogen-bond acceptors (Lipinski definition) is 7. The van der Waals surface area contributed by atoms with Crippen LogP contribution in [0.5, 0.6) is 0 Å². The molecule has 0 aliphatic carbocycles. The third kappa shape index (κ3) is 4.77. The van der Waals surface area contributed by atoms with Crippen LogP contribution in [-0.4, -0.2) is 41.9 Å². The van der Waals surface area contributed by atoms with E-state index in [1.165, 1.54) is 15.6 Å². The average molecular weight is 475 g/mol. The molecule has 170 valence electrons. The minimum atomic E-state index is -3.73. The summed E-state index contributed by atoms with van der Waals surface area (Å²) in [5.41, 5.74) is 2.16. The molecule has 0 radical (unpaired) electrons. The summed E-state index contributed by atoms with van der Waals surface area (Å²) >= 11 is 1.32. The first-order chi connectivity index (χ1) is 15.2. The Hall–Kier alpha value is -2.56. The molecule has 8 nitrogen and oxygen atoms in total. The largest absolute Gasteiger partial charge is 0.352 e. The number of nitrogens with one attached hydrogen (secondary N) is 1. The van der Waals surface area contributed by atoms with Crippen molar-refractivity contribution in [2.75, 3.05) is 13.1 Å². The van der Waals surface area contributed by atoms with Gasteiger partial charge in [-0.05, 0) is 38.3 Å². The summed E-state index contributed by atoms with van der Waals surface area (Å²) in [6.45, 7) is 6.47. The molecule has 0 spiro atoms. The Labute approximate surface area is 191 Å². The number of benzene rings is 1. The molecular weight excluding hydrogens is 448 g/mol. The molecule has 32 heavy (non-hydrogen) atoms. The number of aryl methyl sites for hydroxylation is 3. The first kappa shape index (κ1) is 22.6. The molecule has 1 atom stereocenters. The summed E-state index contributed by atoms with van der Waals surface area (Å²) in [5.74, 6) is 0.313. The van der Waals surface area contributed by atoms with Crippen molar-refractivity contribution < 1.29 is 17.7 Å². The van der Waals surface area contributed by atoms with Crippen LogP contribution in [0.25, 0.3) is 10.7 Å². The second-order valence-corrected chi connectivity index (χ2v) is 11.2. The Balaban J connectivity index is 1.46. The van der Waals surface area contributed by atoms with E-state index >= 15 is 0 Å². The number of amides is 1. The summed E-state index contributed by atoms with van der Waals surface area (Å²) in [6.07, 6.45) is 1.31. The van der Waals surface area contributed by atoms with Crippen molar-refractivity contribution in [3.05, 3.63) is 52.2 Å². The van der Waals surface area contributed by atoms with Crippen LogP contribution in [0, 0.1) is 26.7 Å². The minimum Gasteiger partial charge on any atom is -0.352 e. The average Bonchev–Trinajstić information content (AvgIpc) is 3.38. The van der Waals surface area contributed by atoms with Crippen LogP contribution >= 0.6 is 11.3 Å². The Morgan fingerprint density at radius 3 is 2.81 bits per heavy atom. The molecule has 1 aromatic carbocycles. The van der Waals surface area contributed by atoms with Gasteiger partial charge in [0.2, 0.25) is 27.6 Å². The van der Waals surface area contributed by atoms with Gasteiger partial charge in [0.05, 0.1) is 15.7 Å². The zero-order valence-electron chi connectivity index (χ0n) is 18.3. The molecule has 3 aromatic rings. The second-order valence-electron chi connectivity index (χ2n) is 8.08. The molecule has 0 saturated carbocycles. The Morgan fingerprint density at radius 2 is 2.09 bits per heavy atom. The van der Waals surface area contributed by atoms with Crippen LogP contribution in [0.4, 0.5) is 0 Å². The van der Waals surface area contributed by atoms with Crippen molar-refractivity contribution in [1.82, 2.24) is 19.8 Å². The van der Waals surface area contributed by atoms with Gasteiger partial charge >= 0.3 is 0 Å². The van der Waals surface area contributed by atoms with E-state index in [-0.39, 0.29) is 23.3 Å². The predicted molar refractivity (Wildman–Crippen MR) is 122 cm³/mol. The number of carbonyl (C=O) groups excluding carboxylic acids is 1. The zero-order valence-corrected chi connectivity index (χ0v) is 19.9. The quantitative estimate of drug-likeness (QED) is 0.587. The second kappa shape index (κ2) is 9.13. The van der Waals surface area contributed by atoms with Gasteiger partial charge < -0.3 is 9.84 Å². The molecule has 1 unspecified atom stereocenters. The molecule has 1 fully saturated rings. The van der Waals surface area contributed by atoms with Crippen molar-refractivity contribution in [1.29, 1.82) is 0 Å². The Bertz CT molecular complexity index is 1230. The molecular formula is C22H26N4O4S2. The van der Waals surface area contributed by atoms with Gasteiger partial charge in [-0.2, -0.15) is 9.29 Å². The molecule has 10 heteroatoms. The van der Waals surface area contributed by atoms with E-state index in [4.69, 9.17) is 4.52 Å². The number of hydrogen-bond donors (Lipinski definition) is 1. The molecule has 1 saturated heterocycles. The smallest absolute Gasteiger partial charge is 0.244 e. The molecule has 1 amide bonds. The van der Waals surface area contributed by atoms with Crippen molar-refractivity contribution in [3.63, 3.8) is 0 Å². The molecule has 1 N–H and O–H groups in total. The highest BCUT2D eigenvalue weighted by molar-refractivity contribution is 7.89. The standard InChI is InChI=1S/C22H26N4O4S2/c1-14-6-4-7-17(10-14)12-23-22(27)18-8-5-9-26(13-18)32(28,29)20-11-19(31-15(20)2)21-24-16(3)30-25-21/h4,6-7,10-11,18H,5,8-9,12-13H2,1-3H3,(H,23,27). The lowest BCUT2D eigenvalue weighted by atomic mass is 9.98. The van der Waals surface area contributed by atoms with Gasteiger partial charge in [-0.1, -0.05) is 35.0 Å². The predicted octanol–water partition coefficient (Wildman–Crippen LogP) is 3.44. The van der Waals surface area contributed by atoms with Crippen molar-refractivity contribution in [3.8, 4) is 10.7 Å². The van der Waals surface area contributed by atoms with E-state index in [0.717, 1.165) is 11.1 Å². The highest BCUT2D eigenvalue weighted by atomic mass is 32.2. The molecule has 0 bridgehead atoms. The van der Waals surface area contributed by atoms with E-state index in [2.05, 4.69) is 15.5 Å². The van der Waals surface area contributed by atoms with Gasteiger partial charge in [0.1, 0.15) is 0 Å². The molecule has 1 aliphatic rings. The number of piperidine rings is 1. The maximum Gasteiger partial charge on any atom is 0.244 e. The number of sulfonamides is 1. The maximum absolute atomic E-state index is 13.4. The van der Waals surface area contributed by atoms with E-state index in [0.29, 0.717) is 47.4 Å². The van der Waals surface area contributed by atoms with Crippen LogP contribution < -0.4 is 5.32 Å². The number of aromatic nitrogens is 2. The van der Waals surface area contributed by atoms with Crippen molar-refractivity contribution in [2.45, 2.75) is 45.1 Å². The summed E-state index contributed by atoms with van der Waals surface area (Å²) < 4.78 is 33.2. The Kier molecular flexibility index (Phi) is 6.45. The van der Waals surface area contributed by atoms with Crippen molar-refractivity contribution in [2.24, 2.45) is 5.92 Å². The van der Waals surface area contributed by atoms with Gasteiger partial charge in [0.15, 0.2) is 0 Å². The van der Waals surface area contributed by atoms with E-state index in [9.17, 15) is 13.2 Å². The van der Waals surface area contributed by atoms with E-state index < -0.39 is 10.0 Å². The van der Waals surface area contributed by atoms with Crippen LogP contribution in [0.15, 0.2) is 39.8 Å². The zero-order chi connectivity index (χ0) is 22.9. The van der Waals surface area contributed by atoms with E-state index in [1.54, 1.807) is 19.9 Å². The fourth-order valence-electron chi connectivity index (χ4n) is 3.90. The summed E-state index contributed by atoms with van der Waals surface area (Å²) in [6, 6.07) is 9.56. The molecule has 3 heterocycles. The first-order valence-corrected chi connectivity index (χ1v) is 12.7. The van der Waals surface area contributed by atoms with Gasteiger partial charge in [-0.15, -0.1) is 11.3 Å². The maximum atomic E-state index is 13.4. The summed E-state index contributed by atoms with van der Waals surface area (Å²) in [4.78, 5) is 18.5. The van der Waals surface area contributed by atoms with Crippen LogP contribution in [0.1, 0.15) is 34.7 Å². The summed E-state index contributed by atoms with van der Waals surface area (Å²) in [7, 11) is -3.73. The third-order valence-corrected chi connectivity index (χ3v) is 8.71. The SMILES string of the molecule is Cc1cccc(CNC(=O)C2CCCN(S(=O)(=O)c3cc(-c4noc(C)n4)sc3C)C2)c1. The molecule has 1 aliphatic heterocycles. The number of thiophene rings is 1. The third-order valence-electron chi connectivity index (χ3n) is 5.54. The molecule has 2 aromatic heterocycles. The monoisotopic (exact) mass is 474 g/mol. The topological polar surface area (TPSA) is 105 Å². The van der Waals surface area contributed by atoms with Crippen LogP contribution in [0.2, 0.25) is 0 Å². The highest BCUT2D eigenvalue weighted by Crippen LogP contribution is 2.34. The van der Waals surface area contributed by atoms with E-state index in [1.807, 2.05) is 31.2 Å². The van der Waals surface area contributed by atoms with Gasteiger partial charge in [-0.25, -0.2) is 8.42 Å². The normalized spacial score (nSPS) is 17.4. The number of rotatable bonds is 6. The minimum absolute atomic E-state index is 0.114. The van der Waals surface area contributed by atoms with Crippen molar-refractivity contribution >= 4 is 27.3 Å². The van der Waals surface area contributed by atoms with Gasteiger partial charge in [-0.3, -0.25) is 4.79 Å². The fraction of sp³-hybridized carbons (Fsp3) is 0.409. The first-order valence-electron chi connectivity index (χ1n) is 10.5. The lowest BCUT2D eigenvalue weighted by Crippen LogP contribution is -2.45. The van der Waals surface area contributed by atoms with Gasteiger partial charge in [0.25, 0.3) is 0 Å². The Morgan fingerprint density at radius 1 is 1.28 bits per heavy atom. The van der Waals surface area contributed by atoms with Crippen LogP contribution in [0.3, 0.4) is 0 Å². The number of nitrogens with zero attached hydrogens (tertiary/aromatic N) is 3. The van der Waals surface area contributed by atoms with Crippen LogP contribution in [-0.2, 0) is 21.4 Å². The number of carbonyl (C=O) groups is 1. The lowest BCUT2D eigenvalue weighted by Gasteiger charge is -2.31. The highest BCUT2D eigenvalue weighted by Gasteiger charge is 2.35. The fourth-order valence-corrected chi connectivity index (χ4v) is 6.91. The summed E-state index contributed by atoms with van der Waals surface area (Å²) in [5, 5.41) is 6.85. The lowest BCUT2D eigenvalue weighted by molar-refractivity contribution is -0.126. The molecule has 4 rings (SSSR count). The van der Waals surface area contributed by atoms with Gasteiger partial charge in [0, 0.05) is 31.4 Å².